The van der Waals surface area contributed by atoms with Crippen LogP contribution in [0.5, 0.6) is 0 Å². The Balaban J connectivity index is 1.37. The Morgan fingerprint density at radius 2 is 2.26 bits per heavy atom. The van der Waals surface area contributed by atoms with Gasteiger partial charge in [-0.05, 0) is 35.7 Å². The minimum atomic E-state index is 0.0918. The predicted molar refractivity (Wildman–Crippen MR) is 105 cm³/mol. The van der Waals surface area contributed by atoms with Crippen LogP contribution in [0.25, 0.3) is 11.5 Å². The molecule has 0 radical (unpaired) electrons. The van der Waals surface area contributed by atoms with Crippen LogP contribution in [0.15, 0.2) is 38.8 Å². The van der Waals surface area contributed by atoms with Gasteiger partial charge in [0.25, 0.3) is 0 Å². The van der Waals surface area contributed by atoms with Crippen molar-refractivity contribution in [3.05, 3.63) is 45.1 Å². The summed E-state index contributed by atoms with van der Waals surface area (Å²) in [6, 6.07) is 6.02. The molecule has 1 unspecified atom stereocenters. The molecule has 4 rings (SSSR count). The topological polar surface area (TPSA) is 68.5 Å². The highest BCUT2D eigenvalue weighted by Gasteiger charge is 2.23. The molecule has 0 spiro atoms. The van der Waals surface area contributed by atoms with Gasteiger partial charge in [-0.25, -0.2) is 0 Å². The van der Waals surface area contributed by atoms with Crippen LogP contribution in [0.2, 0.25) is 0 Å². The third kappa shape index (κ3) is 4.82. The van der Waals surface area contributed by atoms with Crippen molar-refractivity contribution >= 4 is 28.6 Å². The zero-order valence-electron chi connectivity index (χ0n) is 14.9. The zero-order chi connectivity index (χ0) is 18.5. The Kier molecular flexibility index (Phi) is 5.96. The molecule has 8 heteroatoms. The van der Waals surface area contributed by atoms with Crippen molar-refractivity contribution in [1.82, 2.24) is 15.1 Å². The summed E-state index contributed by atoms with van der Waals surface area (Å²) in [5.41, 5.74) is 0.919. The number of nitrogens with zero attached hydrogens (tertiary/aromatic N) is 3. The van der Waals surface area contributed by atoms with Crippen molar-refractivity contribution in [2.45, 2.75) is 38.3 Å². The lowest BCUT2D eigenvalue weighted by molar-refractivity contribution is -0.133. The smallest absolute Gasteiger partial charge is 0.248 e. The Morgan fingerprint density at radius 1 is 1.30 bits per heavy atom. The van der Waals surface area contributed by atoms with Gasteiger partial charge in [-0.3, -0.25) is 4.79 Å². The Labute approximate surface area is 165 Å². The van der Waals surface area contributed by atoms with E-state index >= 15 is 0 Å². The molecule has 3 aromatic heterocycles. The van der Waals surface area contributed by atoms with Gasteiger partial charge in [-0.2, -0.15) is 11.3 Å². The first kappa shape index (κ1) is 18.3. The van der Waals surface area contributed by atoms with E-state index < -0.39 is 0 Å². The number of carbonyl (C=O) groups excluding carboxylic acids is 1. The number of rotatable bonds is 8. The van der Waals surface area contributed by atoms with Crippen molar-refractivity contribution in [2.75, 3.05) is 13.2 Å². The van der Waals surface area contributed by atoms with E-state index in [1.54, 1.807) is 22.7 Å². The Bertz CT molecular complexity index is 840. The van der Waals surface area contributed by atoms with Crippen LogP contribution in [0, 0.1) is 0 Å². The zero-order valence-corrected chi connectivity index (χ0v) is 16.5. The summed E-state index contributed by atoms with van der Waals surface area (Å²) in [6.07, 6.45) is 3.02. The molecule has 6 nitrogen and oxygen atoms in total. The minimum absolute atomic E-state index is 0.0918. The van der Waals surface area contributed by atoms with Crippen molar-refractivity contribution in [2.24, 2.45) is 0 Å². The van der Waals surface area contributed by atoms with E-state index in [9.17, 15) is 4.79 Å². The summed E-state index contributed by atoms with van der Waals surface area (Å²) in [5.74, 6) is 1.10. The second-order valence-corrected chi connectivity index (χ2v) is 8.31. The van der Waals surface area contributed by atoms with Crippen molar-refractivity contribution < 1.29 is 13.9 Å². The normalized spacial score (nSPS) is 16.7. The maximum absolute atomic E-state index is 12.9. The average molecular weight is 404 g/mol. The standard InChI is InChI=1S/C19H21N3O3S2/c23-18(6-5-17-20-21-19(25-17)14-7-10-26-13-14)22(11-15-3-1-8-24-15)12-16-4-2-9-27-16/h2,4,7,9-10,13,15H,1,3,5-6,8,11-12H2. The van der Waals surface area contributed by atoms with Gasteiger partial charge in [-0.15, -0.1) is 21.5 Å². The molecule has 3 aromatic rings. The van der Waals surface area contributed by atoms with Crippen LogP contribution in [-0.2, 0) is 22.5 Å². The number of amides is 1. The van der Waals surface area contributed by atoms with Gasteiger partial charge in [0.1, 0.15) is 0 Å². The van der Waals surface area contributed by atoms with Crippen LogP contribution in [0.4, 0.5) is 0 Å². The van der Waals surface area contributed by atoms with Crippen LogP contribution >= 0.6 is 22.7 Å². The SMILES string of the molecule is O=C(CCc1nnc(-c2ccsc2)o1)N(Cc1cccs1)CC1CCCO1. The molecule has 1 aliphatic heterocycles. The summed E-state index contributed by atoms with van der Waals surface area (Å²) in [5, 5.41) is 14.1. The maximum Gasteiger partial charge on any atom is 0.248 e. The van der Waals surface area contributed by atoms with Gasteiger partial charge < -0.3 is 14.1 Å². The molecular weight excluding hydrogens is 382 g/mol. The van der Waals surface area contributed by atoms with E-state index in [0.29, 0.717) is 37.7 Å². The summed E-state index contributed by atoms with van der Waals surface area (Å²) >= 11 is 3.25. The van der Waals surface area contributed by atoms with Crippen LogP contribution in [-0.4, -0.2) is 40.3 Å². The number of aromatic nitrogens is 2. The highest BCUT2D eigenvalue weighted by Crippen LogP contribution is 2.22. The number of hydrogen-bond donors (Lipinski definition) is 0. The number of aryl methyl sites for hydroxylation is 1. The molecule has 4 heterocycles. The van der Waals surface area contributed by atoms with Crippen molar-refractivity contribution in [1.29, 1.82) is 0 Å². The second-order valence-electron chi connectivity index (χ2n) is 6.50. The molecule has 27 heavy (non-hydrogen) atoms. The maximum atomic E-state index is 12.9. The van der Waals surface area contributed by atoms with Gasteiger partial charge in [-0.1, -0.05) is 6.07 Å². The number of carbonyl (C=O) groups is 1. The van der Waals surface area contributed by atoms with E-state index in [-0.39, 0.29) is 12.0 Å². The van der Waals surface area contributed by atoms with Gasteiger partial charge in [0.2, 0.25) is 17.7 Å². The van der Waals surface area contributed by atoms with Gasteiger partial charge in [0, 0.05) is 41.8 Å². The third-order valence-corrected chi connectivity index (χ3v) is 6.06. The van der Waals surface area contributed by atoms with Gasteiger partial charge in [0.15, 0.2) is 0 Å². The minimum Gasteiger partial charge on any atom is -0.421 e. The van der Waals surface area contributed by atoms with Crippen LogP contribution < -0.4 is 0 Å². The Hall–Kier alpha value is -2.03. The first-order chi connectivity index (χ1) is 13.3. The quantitative estimate of drug-likeness (QED) is 0.569. The van der Waals surface area contributed by atoms with Crippen molar-refractivity contribution in [3.8, 4) is 11.5 Å². The third-order valence-electron chi connectivity index (χ3n) is 4.52. The van der Waals surface area contributed by atoms with E-state index in [0.717, 1.165) is 25.0 Å². The average Bonchev–Trinajstić information content (AvgIpc) is 3.48. The van der Waals surface area contributed by atoms with E-state index in [2.05, 4.69) is 16.3 Å². The molecule has 0 aliphatic carbocycles. The van der Waals surface area contributed by atoms with Gasteiger partial charge in [0.05, 0.1) is 12.6 Å². The molecule has 0 N–H and O–H groups in total. The Morgan fingerprint density at radius 3 is 3.00 bits per heavy atom. The van der Waals surface area contributed by atoms with Gasteiger partial charge >= 0.3 is 0 Å². The van der Waals surface area contributed by atoms with E-state index in [4.69, 9.17) is 9.15 Å². The number of thiophene rings is 2. The fourth-order valence-corrected chi connectivity index (χ4v) is 4.46. The lowest BCUT2D eigenvalue weighted by atomic mass is 10.2. The van der Waals surface area contributed by atoms with E-state index in [1.807, 2.05) is 33.2 Å². The second kappa shape index (κ2) is 8.77. The molecule has 1 aliphatic rings. The highest BCUT2D eigenvalue weighted by atomic mass is 32.1. The number of ether oxygens (including phenoxy) is 1. The molecule has 1 atom stereocenters. The molecular formula is C19H21N3O3S2. The molecule has 0 aromatic carbocycles. The summed E-state index contributed by atoms with van der Waals surface area (Å²) in [7, 11) is 0. The fraction of sp³-hybridized carbons (Fsp3) is 0.421. The summed E-state index contributed by atoms with van der Waals surface area (Å²) in [4.78, 5) is 15.9. The molecule has 1 fully saturated rings. The monoisotopic (exact) mass is 403 g/mol. The van der Waals surface area contributed by atoms with E-state index in [1.165, 1.54) is 4.88 Å². The number of hydrogen-bond acceptors (Lipinski definition) is 7. The molecule has 0 saturated carbocycles. The largest absolute Gasteiger partial charge is 0.421 e. The van der Waals surface area contributed by atoms with Crippen LogP contribution in [0.3, 0.4) is 0 Å². The highest BCUT2D eigenvalue weighted by molar-refractivity contribution is 7.09. The first-order valence-electron chi connectivity index (χ1n) is 9.04. The molecule has 0 bridgehead atoms. The molecule has 142 valence electrons. The summed E-state index contributed by atoms with van der Waals surface area (Å²) in [6.45, 7) is 2.06. The lowest BCUT2D eigenvalue weighted by Crippen LogP contribution is -2.36. The molecule has 1 amide bonds. The van der Waals surface area contributed by atoms with Crippen molar-refractivity contribution in [3.63, 3.8) is 0 Å². The first-order valence-corrected chi connectivity index (χ1v) is 10.9. The predicted octanol–water partition coefficient (Wildman–Crippen LogP) is 4.00. The molecule has 1 saturated heterocycles. The van der Waals surface area contributed by atoms with Crippen LogP contribution in [0.1, 0.15) is 30.0 Å². The summed E-state index contributed by atoms with van der Waals surface area (Å²) < 4.78 is 11.4. The lowest BCUT2D eigenvalue weighted by Gasteiger charge is -2.25. The fourth-order valence-electron chi connectivity index (χ4n) is 3.11.